The average Bonchev–Trinajstić information content (AvgIpc) is 3.03. The molecule has 0 atom stereocenters. The number of fused-ring (bicyclic) bond motifs is 1. The van der Waals surface area contributed by atoms with Gasteiger partial charge in [0.15, 0.2) is 5.65 Å². The summed E-state index contributed by atoms with van der Waals surface area (Å²) in [5.74, 6) is 0.897. The Labute approximate surface area is 175 Å². The highest BCUT2D eigenvalue weighted by Gasteiger charge is 2.22. The van der Waals surface area contributed by atoms with Gasteiger partial charge in [-0.3, -0.25) is 4.98 Å². The SMILES string of the molecule is Cc1nn2c(NCc3ccccn3)cc(C(C)(C)C)nc2c1-c1ccc(Cl)cc1. The normalized spacial score (nSPS) is 11.8. The van der Waals surface area contributed by atoms with Gasteiger partial charge in [0.2, 0.25) is 0 Å². The van der Waals surface area contributed by atoms with E-state index in [9.17, 15) is 0 Å². The molecular weight excluding hydrogens is 382 g/mol. The van der Waals surface area contributed by atoms with Crippen LogP contribution in [0.25, 0.3) is 16.8 Å². The molecule has 148 valence electrons. The molecular formula is C23H24ClN5. The quantitative estimate of drug-likeness (QED) is 0.475. The van der Waals surface area contributed by atoms with Crippen LogP contribution in [0.3, 0.4) is 0 Å². The van der Waals surface area contributed by atoms with Crippen molar-refractivity contribution in [1.29, 1.82) is 0 Å². The molecule has 0 fully saturated rings. The Balaban J connectivity index is 1.86. The molecule has 0 aliphatic rings. The Morgan fingerprint density at radius 1 is 1.07 bits per heavy atom. The van der Waals surface area contributed by atoms with Gasteiger partial charge in [-0.2, -0.15) is 9.61 Å². The molecule has 6 heteroatoms. The van der Waals surface area contributed by atoms with Crippen LogP contribution in [0, 0.1) is 6.92 Å². The van der Waals surface area contributed by atoms with Crippen molar-refractivity contribution in [3.8, 4) is 11.1 Å². The summed E-state index contributed by atoms with van der Waals surface area (Å²) in [4.78, 5) is 9.40. The van der Waals surface area contributed by atoms with Crippen LogP contribution < -0.4 is 5.32 Å². The third-order valence-corrected chi connectivity index (χ3v) is 5.09. The molecule has 0 aliphatic heterocycles. The number of anilines is 1. The van der Waals surface area contributed by atoms with Gasteiger partial charge in [0.05, 0.1) is 23.6 Å². The monoisotopic (exact) mass is 405 g/mol. The molecule has 0 radical (unpaired) electrons. The van der Waals surface area contributed by atoms with Gasteiger partial charge in [-0.1, -0.05) is 50.6 Å². The summed E-state index contributed by atoms with van der Waals surface area (Å²) in [6, 6.07) is 15.8. The number of hydrogen-bond acceptors (Lipinski definition) is 4. The van der Waals surface area contributed by atoms with Crippen molar-refractivity contribution in [2.24, 2.45) is 0 Å². The van der Waals surface area contributed by atoms with Crippen LogP contribution in [0.5, 0.6) is 0 Å². The van der Waals surface area contributed by atoms with E-state index in [-0.39, 0.29) is 5.41 Å². The summed E-state index contributed by atoms with van der Waals surface area (Å²) in [5.41, 5.74) is 5.70. The van der Waals surface area contributed by atoms with Crippen molar-refractivity contribution in [2.45, 2.75) is 39.7 Å². The summed E-state index contributed by atoms with van der Waals surface area (Å²) < 4.78 is 1.89. The first-order chi connectivity index (χ1) is 13.8. The van der Waals surface area contributed by atoms with Gasteiger partial charge < -0.3 is 5.32 Å². The van der Waals surface area contributed by atoms with Gasteiger partial charge in [0.1, 0.15) is 5.82 Å². The fourth-order valence-electron chi connectivity index (χ4n) is 3.27. The Hall–Kier alpha value is -2.92. The summed E-state index contributed by atoms with van der Waals surface area (Å²) >= 11 is 6.09. The van der Waals surface area contributed by atoms with E-state index in [1.165, 1.54) is 0 Å². The molecule has 0 bridgehead atoms. The zero-order chi connectivity index (χ0) is 20.6. The highest BCUT2D eigenvalue weighted by atomic mass is 35.5. The van der Waals surface area contributed by atoms with E-state index in [4.69, 9.17) is 21.7 Å². The van der Waals surface area contributed by atoms with E-state index < -0.39 is 0 Å². The van der Waals surface area contributed by atoms with Crippen molar-refractivity contribution in [2.75, 3.05) is 5.32 Å². The van der Waals surface area contributed by atoms with Gasteiger partial charge in [-0.25, -0.2) is 4.98 Å². The smallest absolute Gasteiger partial charge is 0.165 e. The van der Waals surface area contributed by atoms with E-state index in [2.05, 4.69) is 37.1 Å². The molecule has 0 aliphatic carbocycles. The molecule has 3 heterocycles. The van der Waals surface area contributed by atoms with Gasteiger partial charge in [0.25, 0.3) is 0 Å². The molecule has 0 saturated carbocycles. The van der Waals surface area contributed by atoms with Gasteiger partial charge in [-0.15, -0.1) is 0 Å². The van der Waals surface area contributed by atoms with Crippen LogP contribution in [-0.4, -0.2) is 19.6 Å². The number of benzene rings is 1. The van der Waals surface area contributed by atoms with Crippen LogP contribution in [0.15, 0.2) is 54.7 Å². The maximum absolute atomic E-state index is 6.09. The number of hydrogen-bond donors (Lipinski definition) is 1. The summed E-state index contributed by atoms with van der Waals surface area (Å²) in [5, 5.41) is 8.99. The third-order valence-electron chi connectivity index (χ3n) is 4.84. The maximum Gasteiger partial charge on any atom is 0.165 e. The first kappa shape index (κ1) is 19.4. The van der Waals surface area contributed by atoms with E-state index >= 15 is 0 Å². The van der Waals surface area contributed by atoms with E-state index in [0.29, 0.717) is 11.6 Å². The Morgan fingerprint density at radius 3 is 2.48 bits per heavy atom. The zero-order valence-corrected chi connectivity index (χ0v) is 17.8. The highest BCUT2D eigenvalue weighted by molar-refractivity contribution is 6.30. The fraction of sp³-hybridized carbons (Fsp3) is 0.261. The number of halogens is 1. The number of aryl methyl sites for hydroxylation is 1. The molecule has 29 heavy (non-hydrogen) atoms. The minimum Gasteiger partial charge on any atom is -0.364 e. The predicted molar refractivity (Wildman–Crippen MR) is 118 cm³/mol. The molecule has 5 nitrogen and oxygen atoms in total. The third kappa shape index (κ3) is 3.96. The second kappa shape index (κ2) is 7.48. The van der Waals surface area contributed by atoms with Gasteiger partial charge in [0, 0.05) is 28.3 Å². The summed E-state index contributed by atoms with van der Waals surface area (Å²) in [6.45, 7) is 9.12. The standard InChI is InChI=1S/C23H24ClN5/c1-15-21(16-8-10-17(24)11-9-16)22-27-19(23(2,3)4)13-20(29(22)28-15)26-14-18-7-5-6-12-25-18/h5-13,26H,14H2,1-4H3. The molecule has 3 aromatic heterocycles. The topological polar surface area (TPSA) is 55.1 Å². The van der Waals surface area contributed by atoms with Crippen LogP contribution in [0.1, 0.15) is 37.9 Å². The number of aromatic nitrogens is 4. The molecule has 4 rings (SSSR count). The Kier molecular flexibility index (Phi) is 5.01. The van der Waals surface area contributed by atoms with Crippen molar-refractivity contribution in [3.05, 3.63) is 76.8 Å². The lowest BCUT2D eigenvalue weighted by molar-refractivity contribution is 0.568. The summed E-state index contributed by atoms with van der Waals surface area (Å²) in [6.07, 6.45) is 1.80. The minimum absolute atomic E-state index is 0.0986. The highest BCUT2D eigenvalue weighted by Crippen LogP contribution is 2.32. The number of nitrogens with zero attached hydrogens (tertiary/aromatic N) is 4. The van der Waals surface area contributed by atoms with Gasteiger partial charge >= 0.3 is 0 Å². The van der Waals surface area contributed by atoms with E-state index in [1.807, 2.05) is 53.9 Å². The van der Waals surface area contributed by atoms with Crippen molar-refractivity contribution in [1.82, 2.24) is 19.6 Å². The average molecular weight is 406 g/mol. The number of pyridine rings is 1. The van der Waals surface area contributed by atoms with Crippen molar-refractivity contribution < 1.29 is 0 Å². The Morgan fingerprint density at radius 2 is 1.83 bits per heavy atom. The number of nitrogens with one attached hydrogen (secondary N) is 1. The van der Waals surface area contributed by atoms with Crippen LogP contribution in [0.4, 0.5) is 5.82 Å². The predicted octanol–water partition coefficient (Wildman–Crippen LogP) is 5.66. The fourth-order valence-corrected chi connectivity index (χ4v) is 3.40. The lowest BCUT2D eigenvalue weighted by atomic mass is 9.92. The largest absolute Gasteiger partial charge is 0.364 e. The maximum atomic E-state index is 6.09. The molecule has 0 amide bonds. The van der Waals surface area contributed by atoms with E-state index in [0.717, 1.165) is 39.7 Å². The molecule has 0 unspecified atom stereocenters. The minimum atomic E-state index is -0.0986. The van der Waals surface area contributed by atoms with Gasteiger partial charge in [-0.05, 0) is 36.8 Å². The van der Waals surface area contributed by atoms with Crippen molar-refractivity contribution in [3.63, 3.8) is 0 Å². The van der Waals surface area contributed by atoms with Crippen molar-refractivity contribution >= 4 is 23.1 Å². The second-order valence-corrected chi connectivity index (χ2v) is 8.59. The summed E-state index contributed by atoms with van der Waals surface area (Å²) in [7, 11) is 0. The van der Waals surface area contributed by atoms with E-state index in [1.54, 1.807) is 6.20 Å². The first-order valence-electron chi connectivity index (χ1n) is 9.63. The molecule has 0 spiro atoms. The number of rotatable bonds is 4. The zero-order valence-electron chi connectivity index (χ0n) is 17.1. The second-order valence-electron chi connectivity index (χ2n) is 8.15. The molecule has 4 aromatic rings. The molecule has 1 aromatic carbocycles. The first-order valence-corrected chi connectivity index (χ1v) is 10.0. The lowest BCUT2D eigenvalue weighted by Crippen LogP contribution is -2.16. The van der Waals surface area contributed by atoms with Crippen LogP contribution in [-0.2, 0) is 12.0 Å². The molecule has 0 saturated heterocycles. The lowest BCUT2D eigenvalue weighted by Gasteiger charge is -2.20. The molecule has 1 N–H and O–H groups in total. The van der Waals surface area contributed by atoms with Crippen LogP contribution >= 0.6 is 11.6 Å². The van der Waals surface area contributed by atoms with Crippen LogP contribution in [0.2, 0.25) is 5.02 Å². The Bertz CT molecular complexity index is 1140.